The van der Waals surface area contributed by atoms with Gasteiger partial charge in [0.1, 0.15) is 17.5 Å². The molecule has 0 saturated heterocycles. The Bertz CT molecular complexity index is 2230. The van der Waals surface area contributed by atoms with E-state index in [1.807, 2.05) is 45.3 Å². The predicted octanol–water partition coefficient (Wildman–Crippen LogP) is 10.6. The molecule has 6 N–H and O–H groups in total. The highest BCUT2D eigenvalue weighted by atomic mass is 127. The van der Waals surface area contributed by atoms with E-state index in [-0.39, 0.29) is 37.8 Å². The van der Waals surface area contributed by atoms with E-state index < -0.39 is 62.1 Å². The van der Waals surface area contributed by atoms with E-state index in [0.717, 1.165) is 46.0 Å². The summed E-state index contributed by atoms with van der Waals surface area (Å²) in [7, 11) is -10.4. The molecular formula is C37H47F8I3N10O5S. The van der Waals surface area contributed by atoms with Crippen LogP contribution in [0.2, 0.25) is 0 Å². The molecule has 2 aromatic carbocycles. The highest BCUT2D eigenvalue weighted by Crippen LogP contribution is 3.02. The van der Waals surface area contributed by atoms with Gasteiger partial charge in [0.05, 0.1) is 5.56 Å². The zero-order chi connectivity index (χ0) is 48.6. The van der Waals surface area contributed by atoms with Crippen molar-refractivity contribution in [3.63, 3.8) is 0 Å². The van der Waals surface area contributed by atoms with Gasteiger partial charge in [-0.3, -0.25) is 30.7 Å². The minimum Gasteiger partial charge on any atom is -0.478 e. The van der Waals surface area contributed by atoms with Crippen LogP contribution in [0.5, 0.6) is 0 Å². The standard InChI is InChI=1S/C17H17F8N5O2S.C13H13N3O2.C5H12N2O.CHI3.CH4/c1-10(2)5-15(32)28-27-14(31)3-4-30-9-26-16(29-30)11-6-12(17(18,19)20)8-13(7-11)33(21,22,23,24)25;1-9-5-10(2)7-11(6-9)13-14-8-16(15-13)4-3-12(17)18;1-4(2)3-5(8)7-6;2-1(3)4;/h3-4,6-10H,5H2,1-2H3,(H,27,31)(H,28,32);3-8H,1-2H3,(H,17,18);4H,3,6H2,1-2H3,(H,7,8);1H;1H4/b2*4-3-;;;. The lowest BCUT2D eigenvalue weighted by Crippen LogP contribution is -2.41. The number of carbonyl (C=O) groups excluding carboxylic acids is 3. The SMILES string of the molecule is C.CC(C)CC(=O)NN.CC(C)CC(=O)NNC(=O)/C=C\n1cnc(-c2cc(C(F)(F)F)cc(S(F)(F)(F)(F)F)c2)n1.Cc1cc(C)cc(-c2ncn(/C=C\C(=O)O)n2)c1.IC(I)I. The summed E-state index contributed by atoms with van der Waals surface area (Å²) in [6.45, 7) is 11.5. The van der Waals surface area contributed by atoms with Crippen molar-refractivity contribution in [2.24, 2.45) is 17.7 Å². The second-order valence-corrected chi connectivity index (χ2v) is 27.0. The molecule has 64 heavy (non-hydrogen) atoms. The van der Waals surface area contributed by atoms with Gasteiger partial charge < -0.3 is 5.11 Å². The van der Waals surface area contributed by atoms with Crippen LogP contribution in [0.1, 0.15) is 64.7 Å². The fraction of sp³-hybridized carbons (Fsp3) is 0.351. The maximum absolute atomic E-state index is 13.1. The fourth-order valence-corrected chi connectivity index (χ4v) is 5.18. The van der Waals surface area contributed by atoms with E-state index >= 15 is 0 Å². The monoisotopic (exact) mass is 1280 g/mol. The molecule has 15 nitrogen and oxygen atoms in total. The van der Waals surface area contributed by atoms with E-state index in [1.165, 1.54) is 17.2 Å². The van der Waals surface area contributed by atoms with Crippen molar-refractivity contribution in [2.75, 3.05) is 0 Å². The topological polar surface area (TPSA) is 212 Å². The highest BCUT2D eigenvalue weighted by Gasteiger charge is 2.66. The summed E-state index contributed by atoms with van der Waals surface area (Å²) in [6, 6.07) is 5.39. The molecule has 4 aromatic rings. The predicted molar refractivity (Wildman–Crippen MR) is 255 cm³/mol. The number of alkyl halides is 6. The van der Waals surface area contributed by atoms with Gasteiger partial charge in [-0.1, -0.05) is 140 Å². The first-order chi connectivity index (χ1) is 28.7. The smallest absolute Gasteiger partial charge is 0.416 e. The molecule has 0 saturated carbocycles. The minimum absolute atomic E-state index is 0. The normalized spacial score (nSPS) is 12.5. The molecule has 3 amide bonds. The summed E-state index contributed by atoms with van der Waals surface area (Å²) in [5, 5.41) is 16.3. The van der Waals surface area contributed by atoms with Crippen LogP contribution in [-0.2, 0) is 25.4 Å². The van der Waals surface area contributed by atoms with E-state index in [4.69, 9.17) is 10.9 Å². The van der Waals surface area contributed by atoms with Gasteiger partial charge in [0.15, 0.2) is 11.6 Å². The molecule has 27 heteroatoms. The number of benzene rings is 2. The fourth-order valence-electron chi connectivity index (χ4n) is 4.48. The lowest BCUT2D eigenvalue weighted by atomic mass is 10.1. The van der Waals surface area contributed by atoms with Crippen LogP contribution in [0.15, 0.2) is 66.1 Å². The second kappa shape index (κ2) is 25.1. The maximum atomic E-state index is 13.1. The Hall–Kier alpha value is -3.98. The molecule has 2 aromatic heterocycles. The Morgan fingerprint density at radius 2 is 1.19 bits per heavy atom. The van der Waals surface area contributed by atoms with Gasteiger partial charge in [-0.25, -0.2) is 30.0 Å². The Morgan fingerprint density at radius 3 is 1.58 bits per heavy atom. The summed E-state index contributed by atoms with van der Waals surface area (Å²) < 4.78 is 107. The van der Waals surface area contributed by atoms with Crippen molar-refractivity contribution in [2.45, 2.75) is 72.8 Å². The quantitative estimate of drug-likeness (QED) is 0.0182. The van der Waals surface area contributed by atoms with Gasteiger partial charge in [0.25, 0.3) is 5.91 Å². The Morgan fingerprint density at radius 1 is 0.750 bits per heavy atom. The number of halogens is 11. The number of hydrogen-bond donors (Lipinski definition) is 5. The zero-order valence-corrected chi connectivity index (χ0v) is 41.3. The molecule has 0 aliphatic heterocycles. The van der Waals surface area contributed by atoms with Gasteiger partial charge >= 0.3 is 22.4 Å². The number of nitrogens with zero attached hydrogens (tertiary/aromatic N) is 6. The molecule has 0 unspecified atom stereocenters. The first kappa shape index (κ1) is 60.0. The number of amides is 3. The Labute approximate surface area is 405 Å². The maximum Gasteiger partial charge on any atom is 0.416 e. The van der Waals surface area contributed by atoms with Crippen LogP contribution in [0.3, 0.4) is 0 Å². The van der Waals surface area contributed by atoms with Crippen molar-refractivity contribution >= 4 is 114 Å². The van der Waals surface area contributed by atoms with E-state index in [1.54, 1.807) is 13.8 Å². The number of carboxylic acids is 1. The first-order valence-electron chi connectivity index (χ1n) is 17.7. The lowest BCUT2D eigenvalue weighted by Gasteiger charge is -2.40. The molecule has 0 aliphatic carbocycles. The second-order valence-electron chi connectivity index (χ2n) is 13.7. The number of aromatic nitrogens is 6. The Kier molecular flexibility index (Phi) is 23.5. The molecule has 2 heterocycles. The van der Waals surface area contributed by atoms with Crippen LogP contribution in [0.25, 0.3) is 35.2 Å². The summed E-state index contributed by atoms with van der Waals surface area (Å²) in [5.41, 5.74) is 6.48. The van der Waals surface area contributed by atoms with Gasteiger partial charge in [-0.05, 0) is 56.0 Å². The van der Waals surface area contributed by atoms with E-state index in [9.17, 15) is 51.8 Å². The van der Waals surface area contributed by atoms with E-state index in [0.29, 0.717) is 18.2 Å². The van der Waals surface area contributed by atoms with Crippen molar-refractivity contribution in [1.82, 2.24) is 45.8 Å². The third kappa shape index (κ3) is 24.9. The van der Waals surface area contributed by atoms with Crippen molar-refractivity contribution in [3.8, 4) is 22.8 Å². The lowest BCUT2D eigenvalue weighted by molar-refractivity contribution is -0.137. The minimum atomic E-state index is -10.4. The van der Waals surface area contributed by atoms with Crippen LogP contribution in [0, 0.1) is 25.7 Å². The molecule has 4 rings (SSSR count). The number of carboxylic acid groups (broad SMARTS) is 1. The number of aryl methyl sites for hydroxylation is 2. The molecule has 0 atom stereocenters. The van der Waals surface area contributed by atoms with Gasteiger partial charge in [-0.2, -0.15) is 13.2 Å². The third-order valence-corrected chi connectivity index (χ3v) is 7.98. The number of aliphatic carboxylic acids is 1. The van der Waals surface area contributed by atoms with Crippen molar-refractivity contribution in [3.05, 3.63) is 77.9 Å². The molecule has 0 bridgehead atoms. The summed E-state index contributed by atoms with van der Waals surface area (Å²) >= 11 is 6.95. The number of nitrogens with two attached hydrogens (primary N) is 1. The largest absolute Gasteiger partial charge is 0.478 e. The number of nitrogens with one attached hydrogen (secondary N) is 3. The average molecular weight is 1280 g/mol. The number of rotatable bonds is 11. The summed E-state index contributed by atoms with van der Waals surface area (Å²) in [6.07, 6.45) is 1.68. The number of carbonyl (C=O) groups is 4. The molecular weight excluding hydrogens is 1230 g/mol. The zero-order valence-electron chi connectivity index (χ0n) is 34.0. The third-order valence-electron chi connectivity index (χ3n) is 6.86. The molecule has 358 valence electrons. The first-order valence-corrected chi connectivity index (χ1v) is 23.3. The average Bonchev–Trinajstić information content (AvgIpc) is 3.81. The van der Waals surface area contributed by atoms with Gasteiger partial charge in [0, 0.05) is 48.5 Å². The molecule has 0 aliphatic rings. The molecule has 0 fully saturated rings. The van der Waals surface area contributed by atoms with E-state index in [2.05, 4.69) is 105 Å². The van der Waals surface area contributed by atoms with Gasteiger partial charge in [-0.15, -0.1) is 10.2 Å². The molecule has 0 spiro atoms. The molecule has 0 radical (unpaired) electrons. The highest BCUT2D eigenvalue weighted by molar-refractivity contribution is 14.3. The van der Waals surface area contributed by atoms with Crippen molar-refractivity contribution in [1.29, 1.82) is 0 Å². The van der Waals surface area contributed by atoms with Gasteiger partial charge in [0.2, 0.25) is 11.8 Å². The summed E-state index contributed by atoms with van der Waals surface area (Å²) in [4.78, 5) is 48.8. The number of hydrazine groups is 2. The Balaban J connectivity index is 0.00000106. The summed E-state index contributed by atoms with van der Waals surface area (Å²) in [5.74, 6) is 2.65. The van der Waals surface area contributed by atoms with Crippen LogP contribution >= 0.6 is 78.0 Å². The van der Waals surface area contributed by atoms with Crippen molar-refractivity contribution < 1.29 is 56.9 Å². The van der Waals surface area contributed by atoms with Crippen LogP contribution < -0.4 is 22.1 Å². The van der Waals surface area contributed by atoms with Crippen LogP contribution in [0.4, 0.5) is 32.6 Å². The number of hydrogen-bond acceptors (Lipinski definition) is 9. The van der Waals surface area contributed by atoms with Crippen LogP contribution in [-0.4, -0.2) is 58.3 Å².